The summed E-state index contributed by atoms with van der Waals surface area (Å²) in [5, 5.41) is 16.4. The number of nitrogens with one attached hydrogen (secondary N) is 2. The van der Waals surface area contributed by atoms with Crippen molar-refractivity contribution < 1.29 is 0 Å². The lowest BCUT2D eigenvalue weighted by atomic mass is 10.1. The van der Waals surface area contributed by atoms with Gasteiger partial charge in [-0.05, 0) is 48.0 Å². The standard InChI is InChI=1S/C22H21ClN6S/c1-16-5-2-3-7-18(16)15-29-12-10-21(27-29)25-22(30)24-20-9-11-28(26-20)14-17-6-4-8-19(23)13-17/h2-13H,14-15H2,1H3,(H2,24,25,26,27,30). The summed E-state index contributed by atoms with van der Waals surface area (Å²) >= 11 is 11.4. The van der Waals surface area contributed by atoms with Crippen LogP contribution in [0.15, 0.2) is 73.1 Å². The van der Waals surface area contributed by atoms with E-state index in [1.165, 1.54) is 11.1 Å². The van der Waals surface area contributed by atoms with Crippen LogP contribution in [-0.2, 0) is 13.1 Å². The van der Waals surface area contributed by atoms with Crippen LogP contribution in [0.4, 0.5) is 11.6 Å². The van der Waals surface area contributed by atoms with E-state index in [4.69, 9.17) is 23.8 Å². The first kappa shape index (κ1) is 20.1. The zero-order chi connectivity index (χ0) is 20.9. The molecule has 0 spiro atoms. The first-order chi connectivity index (χ1) is 14.5. The van der Waals surface area contributed by atoms with Crippen molar-refractivity contribution in [2.75, 3.05) is 10.6 Å². The number of aromatic nitrogens is 4. The van der Waals surface area contributed by atoms with Gasteiger partial charge in [-0.3, -0.25) is 9.36 Å². The molecule has 0 atom stereocenters. The highest BCUT2D eigenvalue weighted by molar-refractivity contribution is 7.80. The molecule has 0 aliphatic heterocycles. The summed E-state index contributed by atoms with van der Waals surface area (Å²) in [4.78, 5) is 0. The van der Waals surface area contributed by atoms with E-state index in [9.17, 15) is 0 Å². The van der Waals surface area contributed by atoms with Gasteiger partial charge >= 0.3 is 0 Å². The molecule has 0 radical (unpaired) electrons. The Labute approximate surface area is 185 Å². The highest BCUT2D eigenvalue weighted by Crippen LogP contribution is 2.13. The fourth-order valence-corrected chi connectivity index (χ4v) is 3.50. The normalized spacial score (nSPS) is 10.7. The molecule has 0 aliphatic carbocycles. The van der Waals surface area contributed by atoms with Crippen molar-refractivity contribution in [2.24, 2.45) is 0 Å². The molecule has 0 bridgehead atoms. The molecule has 2 aromatic heterocycles. The molecule has 0 aliphatic rings. The fourth-order valence-electron chi connectivity index (χ4n) is 3.08. The maximum atomic E-state index is 6.04. The summed E-state index contributed by atoms with van der Waals surface area (Å²) in [6, 6.07) is 19.8. The zero-order valence-corrected chi connectivity index (χ0v) is 18.0. The molecule has 0 saturated carbocycles. The van der Waals surface area contributed by atoms with E-state index in [1.54, 1.807) is 0 Å². The lowest BCUT2D eigenvalue weighted by Gasteiger charge is -2.07. The third-order valence-corrected chi connectivity index (χ3v) is 5.03. The predicted molar refractivity (Wildman–Crippen MR) is 125 cm³/mol. The van der Waals surface area contributed by atoms with E-state index in [0.29, 0.717) is 34.9 Å². The Bertz CT molecular complexity index is 1170. The summed E-state index contributed by atoms with van der Waals surface area (Å²) in [5.41, 5.74) is 3.56. The van der Waals surface area contributed by atoms with Crippen molar-refractivity contribution in [2.45, 2.75) is 20.0 Å². The minimum Gasteiger partial charge on any atom is -0.316 e. The van der Waals surface area contributed by atoms with Crippen LogP contribution in [0, 0.1) is 6.92 Å². The van der Waals surface area contributed by atoms with Crippen molar-refractivity contribution in [1.82, 2.24) is 19.6 Å². The zero-order valence-electron chi connectivity index (χ0n) is 16.4. The Hall–Kier alpha value is -3.16. The van der Waals surface area contributed by atoms with Gasteiger partial charge in [-0.15, -0.1) is 0 Å². The molecule has 0 amide bonds. The van der Waals surface area contributed by atoms with Crippen LogP contribution in [0.3, 0.4) is 0 Å². The van der Waals surface area contributed by atoms with Gasteiger partial charge in [-0.2, -0.15) is 10.2 Å². The Kier molecular flexibility index (Phi) is 6.11. The Morgan fingerprint density at radius 1 is 0.900 bits per heavy atom. The molecule has 0 unspecified atom stereocenters. The minimum absolute atomic E-state index is 0.434. The molecule has 0 fully saturated rings. The number of hydrogen-bond acceptors (Lipinski definition) is 3. The molecular formula is C22H21ClN6S. The van der Waals surface area contributed by atoms with Crippen LogP contribution in [-0.4, -0.2) is 24.7 Å². The number of nitrogens with zero attached hydrogens (tertiary/aromatic N) is 4. The van der Waals surface area contributed by atoms with Gasteiger partial charge in [-0.25, -0.2) is 0 Å². The molecule has 2 N–H and O–H groups in total. The lowest BCUT2D eigenvalue weighted by molar-refractivity contribution is 0.687. The topological polar surface area (TPSA) is 59.7 Å². The van der Waals surface area contributed by atoms with Crippen LogP contribution in [0.2, 0.25) is 5.02 Å². The van der Waals surface area contributed by atoms with Crippen LogP contribution in [0.5, 0.6) is 0 Å². The van der Waals surface area contributed by atoms with Crippen LogP contribution in [0.25, 0.3) is 0 Å². The van der Waals surface area contributed by atoms with E-state index in [2.05, 4.69) is 39.9 Å². The molecule has 0 saturated heterocycles. The number of anilines is 2. The van der Waals surface area contributed by atoms with Gasteiger partial charge in [0, 0.05) is 29.5 Å². The summed E-state index contributed by atoms with van der Waals surface area (Å²) in [6.45, 7) is 3.44. The fraction of sp³-hybridized carbons (Fsp3) is 0.136. The van der Waals surface area contributed by atoms with Crippen LogP contribution >= 0.6 is 23.8 Å². The second-order valence-electron chi connectivity index (χ2n) is 6.93. The SMILES string of the molecule is Cc1ccccc1Cn1ccc(NC(=S)Nc2ccn(Cc3cccc(Cl)c3)n2)n1. The second kappa shape index (κ2) is 9.11. The van der Waals surface area contributed by atoms with Crippen molar-refractivity contribution in [3.63, 3.8) is 0 Å². The predicted octanol–water partition coefficient (Wildman–Crippen LogP) is 4.95. The van der Waals surface area contributed by atoms with Crippen LogP contribution < -0.4 is 10.6 Å². The second-order valence-corrected chi connectivity index (χ2v) is 7.78. The van der Waals surface area contributed by atoms with Crippen molar-refractivity contribution in [3.8, 4) is 0 Å². The van der Waals surface area contributed by atoms with Gasteiger partial charge in [0.1, 0.15) is 0 Å². The van der Waals surface area contributed by atoms with E-state index in [0.717, 1.165) is 5.56 Å². The van der Waals surface area contributed by atoms with Crippen molar-refractivity contribution >= 4 is 40.6 Å². The third-order valence-electron chi connectivity index (χ3n) is 4.59. The average molecular weight is 437 g/mol. The smallest absolute Gasteiger partial charge is 0.177 e. The molecular weight excluding hydrogens is 416 g/mol. The summed E-state index contributed by atoms with van der Waals surface area (Å²) in [6.07, 6.45) is 3.82. The number of thiocarbonyl (C=S) groups is 1. The van der Waals surface area contributed by atoms with Gasteiger partial charge in [-0.1, -0.05) is 48.0 Å². The number of rotatable bonds is 6. The summed E-state index contributed by atoms with van der Waals surface area (Å²) in [7, 11) is 0. The van der Waals surface area contributed by atoms with E-state index in [-0.39, 0.29) is 0 Å². The summed E-state index contributed by atoms with van der Waals surface area (Å²) in [5.74, 6) is 1.34. The molecule has 4 rings (SSSR count). The largest absolute Gasteiger partial charge is 0.316 e. The van der Waals surface area contributed by atoms with Crippen molar-refractivity contribution in [3.05, 3.63) is 94.8 Å². The quantitative estimate of drug-likeness (QED) is 0.419. The lowest BCUT2D eigenvalue weighted by Crippen LogP contribution is -2.20. The van der Waals surface area contributed by atoms with E-state index >= 15 is 0 Å². The van der Waals surface area contributed by atoms with Crippen LogP contribution in [0.1, 0.15) is 16.7 Å². The van der Waals surface area contributed by atoms with Gasteiger partial charge in [0.05, 0.1) is 13.1 Å². The van der Waals surface area contributed by atoms with Gasteiger partial charge in [0.25, 0.3) is 0 Å². The maximum absolute atomic E-state index is 6.04. The molecule has 30 heavy (non-hydrogen) atoms. The first-order valence-corrected chi connectivity index (χ1v) is 10.3. The molecule has 8 heteroatoms. The Balaban J connectivity index is 1.32. The van der Waals surface area contributed by atoms with Crippen molar-refractivity contribution in [1.29, 1.82) is 0 Å². The third kappa shape index (κ3) is 5.25. The highest BCUT2D eigenvalue weighted by atomic mass is 35.5. The Morgan fingerprint density at radius 2 is 1.57 bits per heavy atom. The number of halogens is 1. The molecule has 4 aromatic rings. The van der Waals surface area contributed by atoms with E-state index in [1.807, 2.05) is 70.3 Å². The molecule has 6 nitrogen and oxygen atoms in total. The van der Waals surface area contributed by atoms with Gasteiger partial charge in [0.15, 0.2) is 16.7 Å². The average Bonchev–Trinajstić information content (AvgIpc) is 3.33. The number of hydrogen-bond donors (Lipinski definition) is 2. The maximum Gasteiger partial charge on any atom is 0.177 e. The minimum atomic E-state index is 0.434. The monoisotopic (exact) mass is 436 g/mol. The van der Waals surface area contributed by atoms with Gasteiger partial charge in [0.2, 0.25) is 0 Å². The van der Waals surface area contributed by atoms with E-state index < -0.39 is 0 Å². The summed E-state index contributed by atoms with van der Waals surface area (Å²) < 4.78 is 3.71. The number of aryl methyl sites for hydroxylation is 1. The molecule has 152 valence electrons. The molecule has 2 heterocycles. The molecule has 2 aromatic carbocycles. The first-order valence-electron chi connectivity index (χ1n) is 9.49. The van der Waals surface area contributed by atoms with Gasteiger partial charge < -0.3 is 10.6 Å². The number of benzene rings is 2. The Morgan fingerprint density at radius 3 is 2.23 bits per heavy atom. The highest BCUT2D eigenvalue weighted by Gasteiger charge is 2.06.